The van der Waals surface area contributed by atoms with E-state index in [4.69, 9.17) is 4.74 Å². The average Bonchev–Trinajstić information content (AvgIpc) is 2.70. The summed E-state index contributed by atoms with van der Waals surface area (Å²) in [5.41, 5.74) is 0.0654. The molecule has 3 aromatic rings. The zero-order valence-electron chi connectivity index (χ0n) is 14.9. The number of nitrogens with one attached hydrogen (secondary N) is 1. The quantitative estimate of drug-likeness (QED) is 0.598. The van der Waals surface area contributed by atoms with E-state index in [-0.39, 0.29) is 17.0 Å². The Bertz CT molecular complexity index is 1080. The van der Waals surface area contributed by atoms with Crippen molar-refractivity contribution < 1.29 is 28.2 Å². The van der Waals surface area contributed by atoms with E-state index in [0.29, 0.717) is 11.3 Å². The first-order valence-electron chi connectivity index (χ1n) is 8.47. The lowest BCUT2D eigenvalue weighted by Crippen LogP contribution is -2.27. The number of para-hydroxylation sites is 1. The van der Waals surface area contributed by atoms with Crippen LogP contribution in [0.4, 0.5) is 8.78 Å². The van der Waals surface area contributed by atoms with Crippen LogP contribution in [0, 0.1) is 11.6 Å². The molecule has 1 amide bonds. The Hall–Kier alpha value is -4.00. The highest BCUT2D eigenvalue weighted by atomic mass is 19.1. The highest BCUT2D eigenvalue weighted by Crippen LogP contribution is 2.24. The van der Waals surface area contributed by atoms with Gasteiger partial charge in [0.15, 0.2) is 11.6 Å². The molecule has 0 radical (unpaired) electrons. The van der Waals surface area contributed by atoms with Crippen LogP contribution in [0.15, 0.2) is 78.5 Å². The highest BCUT2D eigenvalue weighted by molar-refractivity contribution is 6.02. The first-order chi connectivity index (χ1) is 13.9. The minimum atomic E-state index is -1.36. The van der Waals surface area contributed by atoms with Crippen molar-refractivity contribution in [1.82, 2.24) is 5.32 Å². The molecular weight excluding hydrogens is 380 g/mol. The summed E-state index contributed by atoms with van der Waals surface area (Å²) >= 11 is 0. The third kappa shape index (κ3) is 5.26. The molecule has 0 heterocycles. The number of rotatable bonds is 6. The second-order valence-corrected chi connectivity index (χ2v) is 5.93. The highest BCUT2D eigenvalue weighted by Gasteiger charge is 2.14. The van der Waals surface area contributed by atoms with Gasteiger partial charge in [-0.2, -0.15) is 0 Å². The van der Waals surface area contributed by atoms with Crippen LogP contribution in [0.1, 0.15) is 15.9 Å². The summed E-state index contributed by atoms with van der Waals surface area (Å²) < 4.78 is 32.3. The van der Waals surface area contributed by atoms with Crippen molar-refractivity contribution in [2.24, 2.45) is 0 Å². The van der Waals surface area contributed by atoms with Gasteiger partial charge in [0.05, 0.1) is 0 Å². The standard InChI is InChI=1S/C22H15F2NO4/c23-16-5-3-4-15(13-16)21(26)25-19(22(27)28)12-14-8-10-17(11-9-14)29-20-7-2-1-6-18(20)24/h1-13H,(H,25,26)(H,27,28). The summed E-state index contributed by atoms with van der Waals surface area (Å²) in [6.45, 7) is 0. The summed E-state index contributed by atoms with van der Waals surface area (Å²) in [7, 11) is 0. The largest absolute Gasteiger partial charge is 0.477 e. The molecule has 3 aromatic carbocycles. The molecule has 5 nitrogen and oxygen atoms in total. The normalized spacial score (nSPS) is 11.0. The van der Waals surface area contributed by atoms with Crippen LogP contribution in [0.3, 0.4) is 0 Å². The number of carbonyl (C=O) groups is 2. The van der Waals surface area contributed by atoms with Gasteiger partial charge in [0, 0.05) is 5.56 Å². The van der Waals surface area contributed by atoms with E-state index >= 15 is 0 Å². The van der Waals surface area contributed by atoms with Crippen molar-refractivity contribution in [3.05, 3.63) is 101 Å². The molecule has 2 N–H and O–H groups in total. The third-order valence-electron chi connectivity index (χ3n) is 3.82. The van der Waals surface area contributed by atoms with Gasteiger partial charge in [0.1, 0.15) is 17.3 Å². The lowest BCUT2D eigenvalue weighted by Gasteiger charge is -2.08. The van der Waals surface area contributed by atoms with E-state index < -0.39 is 23.5 Å². The number of amides is 1. The van der Waals surface area contributed by atoms with Gasteiger partial charge in [-0.1, -0.05) is 30.3 Å². The first kappa shape index (κ1) is 19.8. The molecule has 7 heteroatoms. The number of hydrogen-bond acceptors (Lipinski definition) is 3. The maximum absolute atomic E-state index is 13.6. The Morgan fingerprint density at radius 2 is 1.66 bits per heavy atom. The zero-order chi connectivity index (χ0) is 20.8. The monoisotopic (exact) mass is 395 g/mol. The van der Waals surface area contributed by atoms with Crippen molar-refractivity contribution in [3.8, 4) is 11.5 Å². The SMILES string of the molecule is O=C(O)C(=Cc1ccc(Oc2ccccc2F)cc1)NC(=O)c1cccc(F)c1. The van der Waals surface area contributed by atoms with Gasteiger partial charge in [-0.3, -0.25) is 4.79 Å². The maximum Gasteiger partial charge on any atom is 0.352 e. The molecule has 0 fully saturated rings. The number of hydrogen-bond donors (Lipinski definition) is 2. The second-order valence-electron chi connectivity index (χ2n) is 5.93. The molecule has 3 rings (SSSR count). The Morgan fingerprint density at radius 3 is 2.31 bits per heavy atom. The average molecular weight is 395 g/mol. The van der Waals surface area contributed by atoms with Gasteiger partial charge < -0.3 is 15.2 Å². The predicted octanol–water partition coefficient (Wildman–Crippen LogP) is 4.61. The molecule has 29 heavy (non-hydrogen) atoms. The molecule has 0 saturated carbocycles. The molecule has 146 valence electrons. The van der Waals surface area contributed by atoms with Gasteiger partial charge in [-0.25, -0.2) is 13.6 Å². The van der Waals surface area contributed by atoms with Gasteiger partial charge >= 0.3 is 5.97 Å². The van der Waals surface area contributed by atoms with Crippen molar-refractivity contribution >= 4 is 18.0 Å². The van der Waals surface area contributed by atoms with Gasteiger partial charge in [-0.15, -0.1) is 0 Å². The maximum atomic E-state index is 13.6. The Kier molecular flexibility index (Phi) is 5.99. The van der Waals surface area contributed by atoms with Crippen LogP contribution in [0.2, 0.25) is 0 Å². The summed E-state index contributed by atoms with van der Waals surface area (Å²) in [5, 5.41) is 11.6. The third-order valence-corrected chi connectivity index (χ3v) is 3.82. The number of carboxylic acid groups (broad SMARTS) is 1. The fourth-order valence-corrected chi connectivity index (χ4v) is 2.43. The smallest absolute Gasteiger partial charge is 0.352 e. The van der Waals surface area contributed by atoms with E-state index in [0.717, 1.165) is 6.07 Å². The van der Waals surface area contributed by atoms with Crippen molar-refractivity contribution in [2.45, 2.75) is 0 Å². The Balaban J connectivity index is 1.76. The van der Waals surface area contributed by atoms with Crippen molar-refractivity contribution in [2.75, 3.05) is 0 Å². The lowest BCUT2D eigenvalue weighted by molar-refractivity contribution is -0.132. The van der Waals surface area contributed by atoms with Crippen LogP contribution in [0.25, 0.3) is 6.08 Å². The summed E-state index contributed by atoms with van der Waals surface area (Å²) in [6.07, 6.45) is 1.24. The van der Waals surface area contributed by atoms with Crippen molar-refractivity contribution in [1.29, 1.82) is 0 Å². The fraction of sp³-hybridized carbons (Fsp3) is 0. The number of carbonyl (C=O) groups excluding carboxylic acids is 1. The minimum Gasteiger partial charge on any atom is -0.477 e. The zero-order valence-corrected chi connectivity index (χ0v) is 14.9. The van der Waals surface area contributed by atoms with Crippen LogP contribution in [0.5, 0.6) is 11.5 Å². The predicted molar refractivity (Wildman–Crippen MR) is 102 cm³/mol. The lowest BCUT2D eigenvalue weighted by atomic mass is 10.1. The molecule has 0 spiro atoms. The number of ether oxygens (including phenoxy) is 1. The van der Waals surface area contributed by atoms with Gasteiger partial charge in [-0.05, 0) is 54.1 Å². The summed E-state index contributed by atoms with van der Waals surface area (Å²) in [6, 6.07) is 17.0. The number of benzene rings is 3. The van der Waals surface area contributed by atoms with Crippen molar-refractivity contribution in [3.63, 3.8) is 0 Å². The molecule has 0 unspecified atom stereocenters. The number of halogens is 2. The molecule has 0 aliphatic carbocycles. The van der Waals surface area contributed by atoms with Gasteiger partial charge in [0.2, 0.25) is 0 Å². The molecule has 0 aromatic heterocycles. The molecule has 0 aliphatic heterocycles. The van der Waals surface area contributed by atoms with Gasteiger partial charge in [0.25, 0.3) is 5.91 Å². The Labute approximate surface area is 164 Å². The van der Waals surface area contributed by atoms with E-state index in [9.17, 15) is 23.5 Å². The van der Waals surface area contributed by atoms with E-state index in [1.165, 1.54) is 48.5 Å². The van der Waals surface area contributed by atoms with E-state index in [1.54, 1.807) is 24.3 Å². The summed E-state index contributed by atoms with van der Waals surface area (Å²) in [4.78, 5) is 23.6. The first-order valence-corrected chi connectivity index (χ1v) is 8.47. The summed E-state index contributed by atoms with van der Waals surface area (Å²) in [5.74, 6) is -2.81. The Morgan fingerprint density at radius 1 is 0.931 bits per heavy atom. The van der Waals surface area contributed by atoms with Crippen LogP contribution in [-0.4, -0.2) is 17.0 Å². The van der Waals surface area contributed by atoms with Crippen LogP contribution < -0.4 is 10.1 Å². The topological polar surface area (TPSA) is 75.6 Å². The number of aliphatic carboxylic acids is 1. The molecule has 0 saturated heterocycles. The molecular formula is C22H15F2NO4. The minimum absolute atomic E-state index is 0.00853. The fourth-order valence-electron chi connectivity index (χ4n) is 2.43. The molecule has 0 aliphatic rings. The van der Waals surface area contributed by atoms with Crippen LogP contribution >= 0.6 is 0 Å². The number of carboxylic acids is 1. The van der Waals surface area contributed by atoms with Crippen LogP contribution in [-0.2, 0) is 4.79 Å². The molecule has 0 bridgehead atoms. The second kappa shape index (κ2) is 8.79. The van der Waals surface area contributed by atoms with E-state index in [1.807, 2.05) is 0 Å². The van der Waals surface area contributed by atoms with E-state index in [2.05, 4.69) is 5.32 Å². The molecule has 0 atom stereocenters.